The molecule has 1 aromatic heterocycles. The third-order valence-corrected chi connectivity index (χ3v) is 7.61. The molecule has 34 heavy (non-hydrogen) atoms. The monoisotopic (exact) mass is 594 g/mol. The first-order valence-electron chi connectivity index (χ1n) is 9.73. The average molecular weight is 596 g/mol. The normalized spacial score (nSPS) is 14.6. The molecule has 2 amide bonds. The minimum atomic E-state index is -0.405. The van der Waals surface area contributed by atoms with E-state index in [1.54, 1.807) is 48.9 Å². The number of hydrogen-bond acceptors (Lipinski definition) is 7. The van der Waals surface area contributed by atoms with E-state index in [2.05, 4.69) is 21.4 Å². The molecule has 4 rings (SSSR count). The summed E-state index contributed by atoms with van der Waals surface area (Å²) in [6.07, 6.45) is 1.69. The SMILES string of the molecule is COc1cc(/C=C2/SC(=S)N(NC(=O)c3cccs3)C2=O)cc(Br)c1OCc1ccc(Cl)cc1. The second-order valence-electron chi connectivity index (χ2n) is 6.88. The fourth-order valence-corrected chi connectivity index (χ4v) is 5.47. The third-order valence-electron chi connectivity index (χ3n) is 4.60. The number of hydrogen-bond donors (Lipinski definition) is 1. The van der Waals surface area contributed by atoms with Crippen LogP contribution in [0.15, 0.2) is 63.3 Å². The lowest BCUT2D eigenvalue weighted by Gasteiger charge is -2.15. The van der Waals surface area contributed by atoms with Gasteiger partial charge in [-0.15, -0.1) is 11.3 Å². The number of nitrogens with zero attached hydrogens (tertiary/aromatic N) is 1. The molecule has 3 aromatic rings. The van der Waals surface area contributed by atoms with Crippen molar-refractivity contribution < 1.29 is 19.1 Å². The number of amides is 2. The summed E-state index contributed by atoms with van der Waals surface area (Å²) in [6.45, 7) is 0.327. The zero-order valence-corrected chi connectivity index (χ0v) is 22.3. The second kappa shape index (κ2) is 10.9. The summed E-state index contributed by atoms with van der Waals surface area (Å²) in [6, 6.07) is 14.4. The van der Waals surface area contributed by atoms with E-state index in [9.17, 15) is 9.59 Å². The van der Waals surface area contributed by atoms with E-state index < -0.39 is 5.91 Å². The Morgan fingerprint density at radius 3 is 2.71 bits per heavy atom. The number of nitrogens with one attached hydrogen (secondary N) is 1. The van der Waals surface area contributed by atoms with Gasteiger partial charge in [-0.2, -0.15) is 5.01 Å². The Kier molecular flexibility index (Phi) is 7.95. The summed E-state index contributed by atoms with van der Waals surface area (Å²) < 4.78 is 12.4. The van der Waals surface area contributed by atoms with Crippen LogP contribution in [0, 0.1) is 0 Å². The molecule has 1 aliphatic rings. The van der Waals surface area contributed by atoms with Gasteiger partial charge in [0.25, 0.3) is 11.8 Å². The Balaban J connectivity index is 1.51. The quantitative estimate of drug-likeness (QED) is 0.256. The molecule has 0 bridgehead atoms. The number of methoxy groups -OCH3 is 1. The van der Waals surface area contributed by atoms with Gasteiger partial charge in [-0.3, -0.25) is 15.0 Å². The Morgan fingerprint density at radius 1 is 1.26 bits per heavy atom. The van der Waals surface area contributed by atoms with Crippen molar-refractivity contribution in [1.29, 1.82) is 0 Å². The molecule has 1 fully saturated rings. The lowest BCUT2D eigenvalue weighted by Crippen LogP contribution is -2.44. The number of thiophene rings is 1. The summed E-state index contributed by atoms with van der Waals surface area (Å²) >= 11 is 17.1. The van der Waals surface area contributed by atoms with Gasteiger partial charge in [0.05, 0.1) is 21.4 Å². The maximum atomic E-state index is 12.9. The summed E-state index contributed by atoms with van der Waals surface area (Å²) in [7, 11) is 1.54. The smallest absolute Gasteiger partial charge is 0.285 e. The maximum Gasteiger partial charge on any atom is 0.285 e. The first kappa shape index (κ1) is 24.7. The number of benzene rings is 2. The van der Waals surface area contributed by atoms with Crippen molar-refractivity contribution in [3.63, 3.8) is 0 Å². The minimum absolute atomic E-state index is 0.245. The molecule has 0 unspecified atom stereocenters. The van der Waals surface area contributed by atoms with Crippen LogP contribution in [0.25, 0.3) is 6.08 Å². The van der Waals surface area contributed by atoms with Crippen LogP contribution in [0.3, 0.4) is 0 Å². The van der Waals surface area contributed by atoms with Crippen LogP contribution < -0.4 is 14.9 Å². The Morgan fingerprint density at radius 2 is 2.03 bits per heavy atom. The zero-order chi connectivity index (χ0) is 24.2. The van der Waals surface area contributed by atoms with Crippen LogP contribution in [0.4, 0.5) is 0 Å². The fourth-order valence-electron chi connectivity index (χ4n) is 2.98. The number of carbonyl (C=O) groups excluding carboxylic acids is 2. The number of halogens is 2. The first-order valence-corrected chi connectivity index (χ1v) is 13.0. The van der Waals surface area contributed by atoms with E-state index in [0.717, 1.165) is 22.3 Å². The van der Waals surface area contributed by atoms with Crippen LogP contribution in [-0.4, -0.2) is 28.3 Å². The van der Waals surface area contributed by atoms with Gasteiger partial charge >= 0.3 is 0 Å². The van der Waals surface area contributed by atoms with E-state index in [-0.39, 0.29) is 10.2 Å². The number of carbonyl (C=O) groups is 2. The highest BCUT2D eigenvalue weighted by Crippen LogP contribution is 2.39. The van der Waals surface area contributed by atoms with E-state index in [1.807, 2.05) is 18.2 Å². The Bertz CT molecular complexity index is 1280. The predicted molar refractivity (Wildman–Crippen MR) is 143 cm³/mol. The molecule has 0 radical (unpaired) electrons. The molecule has 2 aromatic carbocycles. The van der Waals surface area contributed by atoms with Crippen molar-refractivity contribution in [3.8, 4) is 11.5 Å². The highest BCUT2D eigenvalue weighted by Gasteiger charge is 2.34. The number of hydrazine groups is 1. The average Bonchev–Trinajstić information content (AvgIpc) is 3.44. The maximum absolute atomic E-state index is 12.9. The number of thioether (sulfide) groups is 1. The Labute approximate surface area is 223 Å². The summed E-state index contributed by atoms with van der Waals surface area (Å²) in [5.41, 5.74) is 4.22. The molecule has 0 aliphatic carbocycles. The molecule has 6 nitrogen and oxygen atoms in total. The van der Waals surface area contributed by atoms with Gasteiger partial charge < -0.3 is 9.47 Å². The highest BCUT2D eigenvalue weighted by atomic mass is 79.9. The van der Waals surface area contributed by atoms with E-state index in [0.29, 0.717) is 42.9 Å². The molecule has 0 spiro atoms. The van der Waals surface area contributed by atoms with E-state index in [4.69, 9.17) is 33.3 Å². The van der Waals surface area contributed by atoms with Crippen LogP contribution in [0.1, 0.15) is 20.8 Å². The minimum Gasteiger partial charge on any atom is -0.493 e. The van der Waals surface area contributed by atoms with Gasteiger partial charge in [0, 0.05) is 5.02 Å². The fraction of sp³-hybridized carbons (Fsp3) is 0.0870. The van der Waals surface area contributed by atoms with Gasteiger partial charge in [-0.25, -0.2) is 0 Å². The zero-order valence-electron chi connectivity index (χ0n) is 17.5. The van der Waals surface area contributed by atoms with Gasteiger partial charge in [0.15, 0.2) is 15.8 Å². The molecule has 2 heterocycles. The van der Waals surface area contributed by atoms with Crippen LogP contribution in [0.5, 0.6) is 11.5 Å². The second-order valence-corrected chi connectivity index (χ2v) is 10.8. The molecular weight excluding hydrogens is 580 g/mol. The predicted octanol–water partition coefficient (Wildman–Crippen LogP) is 6.30. The van der Waals surface area contributed by atoms with Gasteiger partial charge in [0.1, 0.15) is 6.61 Å². The van der Waals surface area contributed by atoms with Gasteiger partial charge in [-0.1, -0.05) is 41.6 Å². The lowest BCUT2D eigenvalue weighted by atomic mass is 10.1. The van der Waals surface area contributed by atoms with Crippen molar-refractivity contribution in [2.24, 2.45) is 0 Å². The standard InChI is InChI=1S/C23H16BrClN2O4S3/c1-30-17-10-14(9-16(24)20(17)31-12-13-4-6-15(25)7-5-13)11-19-22(29)27(23(32)34-19)26-21(28)18-3-2-8-33-18/h2-11H,12H2,1H3,(H,26,28)/b19-11+. The number of thiocarbonyl (C=S) groups is 1. The molecule has 1 saturated heterocycles. The first-order chi connectivity index (χ1) is 16.4. The molecule has 174 valence electrons. The highest BCUT2D eigenvalue weighted by molar-refractivity contribution is 9.10. The van der Waals surface area contributed by atoms with E-state index >= 15 is 0 Å². The summed E-state index contributed by atoms with van der Waals surface area (Å²) in [5.74, 6) is 0.235. The lowest BCUT2D eigenvalue weighted by molar-refractivity contribution is -0.123. The summed E-state index contributed by atoms with van der Waals surface area (Å²) in [4.78, 5) is 26.1. The van der Waals surface area contributed by atoms with Crippen molar-refractivity contribution >= 4 is 85.1 Å². The van der Waals surface area contributed by atoms with Crippen LogP contribution in [0.2, 0.25) is 5.02 Å². The Hall–Kier alpha value is -2.37. The van der Waals surface area contributed by atoms with Crippen molar-refractivity contribution in [3.05, 3.63) is 84.3 Å². The molecule has 0 atom stereocenters. The topological polar surface area (TPSA) is 67.9 Å². The number of rotatable bonds is 7. The summed E-state index contributed by atoms with van der Waals surface area (Å²) in [5, 5.41) is 3.53. The van der Waals surface area contributed by atoms with Crippen molar-refractivity contribution in [2.45, 2.75) is 6.61 Å². The largest absolute Gasteiger partial charge is 0.493 e. The molecule has 0 saturated carbocycles. The molecular formula is C23H16BrClN2O4S3. The van der Waals surface area contributed by atoms with Gasteiger partial charge in [0.2, 0.25) is 0 Å². The van der Waals surface area contributed by atoms with Crippen molar-refractivity contribution in [2.75, 3.05) is 7.11 Å². The molecule has 1 N–H and O–H groups in total. The molecule has 11 heteroatoms. The van der Waals surface area contributed by atoms with E-state index in [1.165, 1.54) is 11.3 Å². The van der Waals surface area contributed by atoms with Gasteiger partial charge in [-0.05, 0) is 81.1 Å². The van der Waals surface area contributed by atoms with Crippen LogP contribution in [-0.2, 0) is 11.4 Å². The third kappa shape index (κ3) is 5.64. The van der Waals surface area contributed by atoms with Crippen molar-refractivity contribution in [1.82, 2.24) is 10.4 Å². The number of ether oxygens (including phenoxy) is 2. The van der Waals surface area contributed by atoms with Crippen LogP contribution >= 0.6 is 62.8 Å². The molecule has 1 aliphatic heterocycles.